The van der Waals surface area contributed by atoms with E-state index in [9.17, 15) is 8.42 Å². The monoisotopic (exact) mass is 424 g/mol. The molecule has 0 unspecified atom stereocenters. The predicted molar refractivity (Wildman–Crippen MR) is 108 cm³/mol. The number of hydrogen-bond donors (Lipinski definition) is 2. The smallest absolute Gasteiger partial charge is 0.178 e. The second-order valence-electron chi connectivity index (χ2n) is 6.15. The summed E-state index contributed by atoms with van der Waals surface area (Å²) >= 11 is 12.4. The lowest BCUT2D eigenvalue weighted by Gasteiger charge is -2.08. The number of hydrogen-bond acceptors (Lipinski definition) is 4. The van der Waals surface area contributed by atoms with Crippen molar-refractivity contribution >= 4 is 33.0 Å². The van der Waals surface area contributed by atoms with E-state index in [2.05, 4.69) is 10.2 Å². The maximum Gasteiger partial charge on any atom is 0.178 e. The number of nitrogens with one attached hydrogen (secondary N) is 1. The first-order valence-electron chi connectivity index (χ1n) is 8.28. The molecule has 0 aliphatic carbocycles. The molecular formula is C19H18Cl2N2O3S. The number of halogens is 2. The van der Waals surface area contributed by atoms with Crippen molar-refractivity contribution in [2.24, 2.45) is 0 Å². The highest BCUT2D eigenvalue weighted by Crippen LogP contribution is 2.37. The third kappa shape index (κ3) is 4.19. The van der Waals surface area contributed by atoms with Crippen LogP contribution in [0.2, 0.25) is 10.2 Å². The predicted octanol–water partition coefficient (Wildman–Crippen LogP) is 4.52. The molecule has 3 aromatic rings. The summed E-state index contributed by atoms with van der Waals surface area (Å²) in [5.74, 6) is -0.0893. The number of aromatic nitrogens is 2. The number of aryl methyl sites for hydroxylation is 1. The average molecular weight is 425 g/mol. The van der Waals surface area contributed by atoms with Crippen LogP contribution in [0.3, 0.4) is 0 Å². The molecule has 0 spiro atoms. The van der Waals surface area contributed by atoms with Crippen LogP contribution >= 0.6 is 23.2 Å². The molecule has 0 aliphatic rings. The highest BCUT2D eigenvalue weighted by molar-refractivity contribution is 7.91. The fourth-order valence-corrected chi connectivity index (χ4v) is 4.45. The lowest BCUT2D eigenvalue weighted by Crippen LogP contribution is -2.08. The first kappa shape index (κ1) is 19.9. The van der Waals surface area contributed by atoms with Crippen LogP contribution in [-0.4, -0.2) is 36.1 Å². The summed E-state index contributed by atoms with van der Waals surface area (Å²) in [6.45, 7) is 1.75. The van der Waals surface area contributed by atoms with Crippen LogP contribution in [-0.2, 0) is 9.84 Å². The molecule has 2 aromatic carbocycles. The Morgan fingerprint density at radius 3 is 2.37 bits per heavy atom. The van der Waals surface area contributed by atoms with Gasteiger partial charge in [0.15, 0.2) is 15.0 Å². The standard InChI is InChI=1S/C19H18Cl2N2O3S/c1-12-11-14(5-8-16(12)20)17-18(22-23-19(17)21)13-3-6-15(7-4-13)27(25,26)10-2-9-24/h3-8,11,24H,2,9-10H2,1H3,(H,22,23). The largest absolute Gasteiger partial charge is 0.396 e. The first-order valence-corrected chi connectivity index (χ1v) is 10.7. The van der Waals surface area contributed by atoms with Gasteiger partial charge in [0.05, 0.1) is 16.3 Å². The number of aliphatic hydroxyl groups is 1. The molecule has 0 fully saturated rings. The van der Waals surface area contributed by atoms with E-state index in [4.69, 9.17) is 28.3 Å². The van der Waals surface area contributed by atoms with Crippen LogP contribution in [0.25, 0.3) is 22.4 Å². The zero-order valence-electron chi connectivity index (χ0n) is 14.5. The van der Waals surface area contributed by atoms with Gasteiger partial charge in [-0.25, -0.2) is 8.42 Å². The Bertz CT molecular complexity index is 1060. The molecule has 2 N–H and O–H groups in total. The van der Waals surface area contributed by atoms with Crippen molar-refractivity contribution in [1.82, 2.24) is 10.2 Å². The van der Waals surface area contributed by atoms with E-state index in [1.54, 1.807) is 30.3 Å². The minimum Gasteiger partial charge on any atom is -0.396 e. The number of aromatic amines is 1. The second-order valence-corrected chi connectivity index (χ2v) is 9.02. The van der Waals surface area contributed by atoms with Crippen molar-refractivity contribution in [3.8, 4) is 22.4 Å². The molecule has 5 nitrogen and oxygen atoms in total. The minimum atomic E-state index is -3.42. The lowest BCUT2D eigenvalue weighted by atomic mass is 10.0. The third-order valence-electron chi connectivity index (χ3n) is 4.24. The molecule has 0 atom stereocenters. The van der Waals surface area contributed by atoms with Gasteiger partial charge >= 0.3 is 0 Å². The van der Waals surface area contributed by atoms with E-state index in [-0.39, 0.29) is 23.7 Å². The van der Waals surface area contributed by atoms with Crippen LogP contribution < -0.4 is 0 Å². The van der Waals surface area contributed by atoms with E-state index in [0.29, 0.717) is 15.9 Å². The van der Waals surface area contributed by atoms with Crippen molar-refractivity contribution in [3.63, 3.8) is 0 Å². The molecule has 0 aliphatic heterocycles. The minimum absolute atomic E-state index is 0.0893. The second kappa shape index (κ2) is 8.02. The molecule has 8 heteroatoms. The zero-order valence-corrected chi connectivity index (χ0v) is 16.9. The van der Waals surface area contributed by atoms with E-state index in [1.165, 1.54) is 0 Å². The maximum atomic E-state index is 12.2. The van der Waals surface area contributed by atoms with Gasteiger partial charge in [-0.2, -0.15) is 5.10 Å². The Hall–Kier alpha value is -1.86. The first-order chi connectivity index (χ1) is 12.8. The normalized spacial score (nSPS) is 11.7. The van der Waals surface area contributed by atoms with Gasteiger partial charge < -0.3 is 5.11 Å². The molecule has 1 aromatic heterocycles. The summed E-state index contributed by atoms with van der Waals surface area (Å²) < 4.78 is 24.5. The summed E-state index contributed by atoms with van der Waals surface area (Å²) in [5, 5.41) is 16.9. The Balaban J connectivity index is 2.00. The number of sulfone groups is 1. The summed E-state index contributed by atoms with van der Waals surface area (Å²) in [7, 11) is -3.42. The van der Waals surface area contributed by atoms with Gasteiger partial charge in [0, 0.05) is 22.8 Å². The molecule has 0 radical (unpaired) electrons. The van der Waals surface area contributed by atoms with Crippen molar-refractivity contribution in [3.05, 3.63) is 58.2 Å². The molecule has 1 heterocycles. The Morgan fingerprint density at radius 2 is 1.74 bits per heavy atom. The number of nitrogens with zero attached hydrogens (tertiary/aromatic N) is 1. The summed E-state index contributed by atoms with van der Waals surface area (Å²) in [6, 6.07) is 12.1. The number of aliphatic hydroxyl groups excluding tert-OH is 1. The molecule has 142 valence electrons. The van der Waals surface area contributed by atoms with Gasteiger partial charge in [-0.05, 0) is 48.7 Å². The molecular weight excluding hydrogens is 407 g/mol. The van der Waals surface area contributed by atoms with Crippen molar-refractivity contribution < 1.29 is 13.5 Å². The Morgan fingerprint density at radius 1 is 1.07 bits per heavy atom. The summed E-state index contributed by atoms with van der Waals surface area (Å²) in [6.07, 6.45) is 0.209. The molecule has 0 amide bonds. The van der Waals surface area contributed by atoms with Gasteiger partial charge in [0.2, 0.25) is 0 Å². The topological polar surface area (TPSA) is 83.0 Å². The number of rotatable bonds is 6. The van der Waals surface area contributed by atoms with E-state index in [1.807, 2.05) is 19.1 Å². The van der Waals surface area contributed by atoms with E-state index in [0.717, 1.165) is 22.3 Å². The van der Waals surface area contributed by atoms with Crippen molar-refractivity contribution in [2.45, 2.75) is 18.2 Å². The summed E-state index contributed by atoms with van der Waals surface area (Å²) in [5.41, 5.74) is 3.97. The summed E-state index contributed by atoms with van der Waals surface area (Å²) in [4.78, 5) is 0.217. The van der Waals surface area contributed by atoms with Gasteiger partial charge in [-0.15, -0.1) is 0 Å². The van der Waals surface area contributed by atoms with Crippen LogP contribution in [0.5, 0.6) is 0 Å². The van der Waals surface area contributed by atoms with Gasteiger partial charge in [0.1, 0.15) is 0 Å². The Kier molecular flexibility index (Phi) is 5.91. The SMILES string of the molecule is Cc1cc(-c2c(Cl)n[nH]c2-c2ccc(S(=O)(=O)CCCO)cc2)ccc1Cl. The van der Waals surface area contributed by atoms with Gasteiger partial charge in [0.25, 0.3) is 0 Å². The quantitative estimate of drug-likeness (QED) is 0.609. The fourth-order valence-electron chi connectivity index (χ4n) is 2.79. The van der Waals surface area contributed by atoms with Crippen molar-refractivity contribution in [2.75, 3.05) is 12.4 Å². The van der Waals surface area contributed by atoms with Gasteiger partial charge in [-0.3, -0.25) is 5.10 Å². The van der Waals surface area contributed by atoms with Crippen molar-refractivity contribution in [1.29, 1.82) is 0 Å². The van der Waals surface area contributed by atoms with Crippen LogP contribution in [0.1, 0.15) is 12.0 Å². The highest BCUT2D eigenvalue weighted by Gasteiger charge is 2.18. The fraction of sp³-hybridized carbons (Fsp3) is 0.211. The zero-order chi connectivity index (χ0) is 19.6. The average Bonchev–Trinajstić information content (AvgIpc) is 3.04. The van der Waals surface area contributed by atoms with E-state index >= 15 is 0 Å². The molecule has 0 bridgehead atoms. The number of H-pyrrole nitrogens is 1. The van der Waals surface area contributed by atoms with Gasteiger partial charge in [-0.1, -0.05) is 41.4 Å². The highest BCUT2D eigenvalue weighted by atomic mass is 35.5. The van der Waals surface area contributed by atoms with Crippen LogP contribution in [0.4, 0.5) is 0 Å². The third-order valence-corrected chi connectivity index (χ3v) is 6.76. The molecule has 3 rings (SSSR count). The number of benzene rings is 2. The molecule has 0 saturated carbocycles. The Labute approximate surface area is 167 Å². The molecule has 27 heavy (non-hydrogen) atoms. The molecule has 0 saturated heterocycles. The van der Waals surface area contributed by atoms with E-state index < -0.39 is 9.84 Å². The van der Waals surface area contributed by atoms with Crippen LogP contribution in [0, 0.1) is 6.92 Å². The maximum absolute atomic E-state index is 12.2. The van der Waals surface area contributed by atoms with Crippen LogP contribution in [0.15, 0.2) is 47.4 Å². The lowest BCUT2D eigenvalue weighted by molar-refractivity contribution is 0.295.